The summed E-state index contributed by atoms with van der Waals surface area (Å²) >= 11 is 0. The molecule has 0 spiro atoms. The lowest BCUT2D eigenvalue weighted by Gasteiger charge is -2.07. The first kappa shape index (κ1) is 39.7. The Morgan fingerprint density at radius 3 is 1.28 bits per heavy atom. The molecule has 0 bridgehead atoms. The summed E-state index contributed by atoms with van der Waals surface area (Å²) in [6.07, 6.45) is 27.2. The van der Waals surface area contributed by atoms with Gasteiger partial charge in [0.2, 0.25) is 0 Å². The normalized spacial score (nSPS) is 11.1. The number of hydrazine groups is 1. The van der Waals surface area contributed by atoms with Crippen LogP contribution in [0.2, 0.25) is 0 Å². The molecule has 0 rings (SSSR count). The standard InChI is InChI=1S/C15H32N2O.C12H28N2.C3H6O/c1-4-5-6-7-8-9-10-11-12-13-14-16-17-15(2,3)18;1-2-3-4-5-6-7-8-9-10-11-12-14-13;1-3(2)4/h18H,4-14H2,1-3H3;14H,2-13H2,1H3;1-2H3. The number of nitrogens with one attached hydrogen (secondary N) is 1. The topological polar surface area (TPSA) is 100 Å². The lowest BCUT2D eigenvalue weighted by atomic mass is 10.1. The summed E-state index contributed by atoms with van der Waals surface area (Å²) < 4.78 is 0. The number of carbonyl (C=O) groups excluding carboxylic acids is 1. The van der Waals surface area contributed by atoms with Crippen LogP contribution >= 0.6 is 0 Å². The van der Waals surface area contributed by atoms with Crippen LogP contribution in [0.1, 0.15) is 170 Å². The maximum Gasteiger partial charge on any atom is 0.170 e. The number of aliphatic hydroxyl groups is 1. The average molecular weight is 515 g/mol. The number of hydrogen-bond donors (Lipinski definition) is 3. The Morgan fingerprint density at radius 2 is 0.972 bits per heavy atom. The average Bonchev–Trinajstić information content (AvgIpc) is 2.80. The minimum absolute atomic E-state index is 0.167. The SMILES string of the molecule is CC(C)=O.CCCCCCCCCCCCN=NC(C)(C)O.CCCCCCCCCCCCNN. The van der Waals surface area contributed by atoms with Crippen molar-refractivity contribution in [3.63, 3.8) is 0 Å². The van der Waals surface area contributed by atoms with E-state index in [1.807, 2.05) is 0 Å². The molecule has 0 saturated carbocycles. The van der Waals surface area contributed by atoms with Crippen LogP contribution < -0.4 is 11.3 Å². The third-order valence-corrected chi connectivity index (χ3v) is 5.60. The minimum Gasteiger partial charge on any atom is -0.368 e. The van der Waals surface area contributed by atoms with Gasteiger partial charge in [-0.25, -0.2) is 0 Å². The largest absolute Gasteiger partial charge is 0.368 e. The monoisotopic (exact) mass is 515 g/mol. The summed E-state index contributed by atoms with van der Waals surface area (Å²) in [4.78, 5) is 9.44. The van der Waals surface area contributed by atoms with Gasteiger partial charge in [-0.3, -0.25) is 11.3 Å². The summed E-state index contributed by atoms with van der Waals surface area (Å²) in [6, 6.07) is 0. The van der Waals surface area contributed by atoms with E-state index in [9.17, 15) is 9.90 Å². The molecule has 6 heteroatoms. The predicted octanol–water partition coefficient (Wildman–Crippen LogP) is 9.05. The van der Waals surface area contributed by atoms with Crippen molar-refractivity contribution >= 4 is 5.78 Å². The van der Waals surface area contributed by atoms with Crippen LogP contribution in [0.25, 0.3) is 0 Å². The van der Waals surface area contributed by atoms with Crippen molar-refractivity contribution in [2.75, 3.05) is 13.1 Å². The molecule has 0 unspecified atom stereocenters. The zero-order valence-electron chi connectivity index (χ0n) is 25.4. The number of nitrogens with two attached hydrogens (primary N) is 1. The van der Waals surface area contributed by atoms with E-state index in [0.29, 0.717) is 0 Å². The fraction of sp³-hybridized carbons (Fsp3) is 0.967. The fourth-order valence-electron chi connectivity index (χ4n) is 3.61. The predicted molar refractivity (Wildman–Crippen MR) is 158 cm³/mol. The van der Waals surface area contributed by atoms with Crippen LogP contribution in [0.5, 0.6) is 0 Å². The van der Waals surface area contributed by atoms with Crippen LogP contribution in [-0.2, 0) is 4.79 Å². The van der Waals surface area contributed by atoms with Gasteiger partial charge in [0.25, 0.3) is 0 Å². The summed E-state index contributed by atoms with van der Waals surface area (Å²) in [6.45, 7) is 12.6. The Kier molecular flexibility index (Phi) is 37.6. The summed E-state index contributed by atoms with van der Waals surface area (Å²) in [5.74, 6) is 5.35. The molecule has 0 heterocycles. The molecule has 0 aliphatic heterocycles. The maximum atomic E-state index is 9.44. The van der Waals surface area contributed by atoms with E-state index in [0.717, 1.165) is 19.5 Å². The van der Waals surface area contributed by atoms with Gasteiger partial charge in [0, 0.05) is 6.54 Å². The highest BCUT2D eigenvalue weighted by Gasteiger charge is 2.07. The second-order valence-corrected chi connectivity index (χ2v) is 10.7. The van der Waals surface area contributed by atoms with Crippen LogP contribution in [0.3, 0.4) is 0 Å². The van der Waals surface area contributed by atoms with Crippen molar-refractivity contribution in [2.24, 2.45) is 16.1 Å². The van der Waals surface area contributed by atoms with Crippen molar-refractivity contribution in [1.82, 2.24) is 5.43 Å². The Labute approximate surface area is 226 Å². The van der Waals surface area contributed by atoms with Crippen LogP contribution in [0.4, 0.5) is 0 Å². The van der Waals surface area contributed by atoms with E-state index >= 15 is 0 Å². The molecule has 0 atom stereocenters. The zero-order valence-corrected chi connectivity index (χ0v) is 25.4. The van der Waals surface area contributed by atoms with E-state index in [1.54, 1.807) is 13.8 Å². The fourth-order valence-corrected chi connectivity index (χ4v) is 3.61. The molecule has 0 aliphatic carbocycles. The van der Waals surface area contributed by atoms with Gasteiger partial charge in [0.1, 0.15) is 5.78 Å². The third kappa shape index (κ3) is 54.2. The van der Waals surface area contributed by atoms with Gasteiger partial charge in [-0.05, 0) is 40.5 Å². The molecule has 218 valence electrons. The van der Waals surface area contributed by atoms with Crippen molar-refractivity contribution < 1.29 is 9.90 Å². The number of nitrogens with zero attached hydrogens (tertiary/aromatic N) is 2. The molecule has 4 N–H and O–H groups in total. The molecule has 6 nitrogen and oxygen atoms in total. The Morgan fingerprint density at radius 1 is 0.667 bits per heavy atom. The maximum absolute atomic E-state index is 9.44. The van der Waals surface area contributed by atoms with E-state index in [-0.39, 0.29) is 5.78 Å². The van der Waals surface area contributed by atoms with Gasteiger partial charge >= 0.3 is 0 Å². The summed E-state index contributed by atoms with van der Waals surface area (Å²) in [7, 11) is 0. The first-order chi connectivity index (χ1) is 17.2. The number of rotatable bonds is 23. The Hall–Kier alpha value is -0.850. The molecule has 0 aromatic heterocycles. The van der Waals surface area contributed by atoms with Gasteiger partial charge < -0.3 is 9.90 Å². The molecule has 36 heavy (non-hydrogen) atoms. The smallest absolute Gasteiger partial charge is 0.170 e. The number of azo groups is 1. The molecule has 0 aromatic rings. The van der Waals surface area contributed by atoms with Crippen molar-refractivity contribution in [3.8, 4) is 0 Å². The molecule has 0 amide bonds. The zero-order chi connectivity index (χ0) is 27.8. The third-order valence-electron chi connectivity index (χ3n) is 5.60. The molecule has 0 saturated heterocycles. The second-order valence-electron chi connectivity index (χ2n) is 10.7. The van der Waals surface area contributed by atoms with Gasteiger partial charge in [-0.15, -0.1) is 0 Å². The molecular weight excluding hydrogens is 448 g/mol. The highest BCUT2D eigenvalue weighted by molar-refractivity contribution is 5.72. The summed E-state index contributed by atoms with van der Waals surface area (Å²) in [5, 5.41) is 17.1. The number of ketones is 1. The first-order valence-electron chi connectivity index (χ1n) is 15.2. The van der Waals surface area contributed by atoms with Crippen LogP contribution in [0, 0.1) is 0 Å². The van der Waals surface area contributed by atoms with Crippen molar-refractivity contribution in [1.29, 1.82) is 0 Å². The Bertz CT molecular complexity index is 421. The molecule has 0 fully saturated rings. The lowest BCUT2D eigenvalue weighted by Crippen LogP contribution is -2.22. The van der Waals surface area contributed by atoms with Gasteiger partial charge in [0.05, 0.1) is 6.54 Å². The molecule has 0 radical (unpaired) electrons. The van der Waals surface area contributed by atoms with Crippen LogP contribution in [0.15, 0.2) is 10.2 Å². The molecule has 0 aliphatic rings. The van der Waals surface area contributed by atoms with E-state index in [4.69, 9.17) is 5.84 Å². The minimum atomic E-state index is -1.00. The Balaban J connectivity index is -0.000000538. The quantitative estimate of drug-likeness (QED) is 0.0547. The number of hydrogen-bond acceptors (Lipinski definition) is 6. The van der Waals surface area contributed by atoms with Gasteiger partial charge in [0.15, 0.2) is 5.72 Å². The first-order valence-corrected chi connectivity index (χ1v) is 15.2. The number of Topliss-reactive ketones (excluding diaryl/α,β-unsaturated/α-hetero) is 1. The highest BCUT2D eigenvalue weighted by Crippen LogP contribution is 2.11. The van der Waals surface area contributed by atoms with Gasteiger partial charge in [-0.2, -0.15) is 10.2 Å². The highest BCUT2D eigenvalue weighted by atomic mass is 16.3. The van der Waals surface area contributed by atoms with Crippen LogP contribution in [-0.4, -0.2) is 29.7 Å². The second kappa shape index (κ2) is 34.1. The van der Waals surface area contributed by atoms with E-state index in [2.05, 4.69) is 29.5 Å². The van der Waals surface area contributed by atoms with Gasteiger partial charge in [-0.1, -0.05) is 129 Å². The summed E-state index contributed by atoms with van der Waals surface area (Å²) in [5.41, 5.74) is 1.69. The molecular formula is C30H66N4O2. The van der Waals surface area contributed by atoms with Crippen molar-refractivity contribution in [3.05, 3.63) is 0 Å². The van der Waals surface area contributed by atoms with E-state index in [1.165, 1.54) is 136 Å². The number of unbranched alkanes of at least 4 members (excludes halogenated alkanes) is 18. The molecule has 0 aromatic carbocycles. The lowest BCUT2D eigenvalue weighted by molar-refractivity contribution is -0.115. The van der Waals surface area contributed by atoms with Crippen molar-refractivity contribution in [2.45, 2.75) is 176 Å². The number of carbonyl (C=O) groups is 1. The van der Waals surface area contributed by atoms with E-state index < -0.39 is 5.72 Å².